The van der Waals surface area contributed by atoms with Gasteiger partial charge < -0.3 is 19.7 Å². The Morgan fingerprint density at radius 3 is 2.67 bits per heavy atom. The summed E-state index contributed by atoms with van der Waals surface area (Å²) < 4.78 is 11.7. The molecule has 0 saturated heterocycles. The fraction of sp³-hybridized carbons (Fsp3) is 0.364. The molecule has 162 valence electrons. The van der Waals surface area contributed by atoms with Crippen molar-refractivity contribution in [1.29, 1.82) is 0 Å². The fourth-order valence-corrected chi connectivity index (χ4v) is 3.49. The first kappa shape index (κ1) is 24.0. The monoisotopic (exact) mass is 496 g/mol. The molecule has 0 saturated carbocycles. The van der Waals surface area contributed by atoms with Crippen molar-refractivity contribution in [1.82, 2.24) is 10.2 Å². The minimum absolute atomic E-state index is 0.213. The molecule has 1 atom stereocenters. The lowest BCUT2D eigenvalue weighted by molar-refractivity contribution is -0.142. The highest BCUT2D eigenvalue weighted by Crippen LogP contribution is 2.27. The molecule has 0 heterocycles. The molecule has 2 aromatic carbocycles. The van der Waals surface area contributed by atoms with Crippen LogP contribution in [-0.4, -0.2) is 43.0 Å². The van der Waals surface area contributed by atoms with E-state index in [4.69, 9.17) is 21.1 Å². The van der Waals surface area contributed by atoms with Gasteiger partial charge in [-0.05, 0) is 49.2 Å². The molecule has 0 aromatic heterocycles. The highest BCUT2D eigenvalue weighted by Gasteiger charge is 2.26. The smallest absolute Gasteiger partial charge is 0.261 e. The molecule has 0 radical (unpaired) electrons. The van der Waals surface area contributed by atoms with Crippen LogP contribution in [0.1, 0.15) is 25.8 Å². The van der Waals surface area contributed by atoms with Gasteiger partial charge in [-0.15, -0.1) is 0 Å². The van der Waals surface area contributed by atoms with Crippen LogP contribution in [0.5, 0.6) is 11.5 Å². The van der Waals surface area contributed by atoms with Crippen molar-refractivity contribution in [3.8, 4) is 11.5 Å². The lowest BCUT2D eigenvalue weighted by Crippen LogP contribution is -2.49. The van der Waals surface area contributed by atoms with E-state index < -0.39 is 6.04 Å². The largest absolute Gasteiger partial charge is 0.497 e. The third-order valence-corrected chi connectivity index (χ3v) is 5.24. The molecule has 0 fully saturated rings. The number of benzene rings is 2. The van der Waals surface area contributed by atoms with Crippen molar-refractivity contribution in [3.63, 3.8) is 0 Å². The zero-order chi connectivity index (χ0) is 22.1. The molecule has 1 N–H and O–H groups in total. The quantitative estimate of drug-likeness (QED) is 0.527. The van der Waals surface area contributed by atoms with Crippen LogP contribution in [0.25, 0.3) is 0 Å². The zero-order valence-electron chi connectivity index (χ0n) is 17.3. The third kappa shape index (κ3) is 6.92. The minimum atomic E-state index is -0.667. The Labute approximate surface area is 190 Å². The van der Waals surface area contributed by atoms with E-state index in [0.717, 1.165) is 16.5 Å². The number of methoxy groups -OCH3 is 1. The highest BCUT2D eigenvalue weighted by molar-refractivity contribution is 9.10. The number of amides is 2. The van der Waals surface area contributed by atoms with Gasteiger partial charge in [0.15, 0.2) is 6.61 Å². The summed E-state index contributed by atoms with van der Waals surface area (Å²) in [5.41, 5.74) is 0.847. The lowest BCUT2D eigenvalue weighted by Gasteiger charge is -2.29. The second-order valence-corrected chi connectivity index (χ2v) is 8.03. The Bertz CT molecular complexity index is 878. The molecule has 0 bridgehead atoms. The van der Waals surface area contributed by atoms with E-state index >= 15 is 0 Å². The zero-order valence-corrected chi connectivity index (χ0v) is 19.6. The summed E-state index contributed by atoms with van der Waals surface area (Å²) in [5.74, 6) is 0.546. The molecule has 6 nitrogen and oxygen atoms in total. The summed E-state index contributed by atoms with van der Waals surface area (Å²) in [5, 5.41) is 3.23. The molecular formula is C22H26BrClN2O4. The SMILES string of the molecule is CCCNC(=O)[C@H](C)N(Cc1cccc(OC)c1)C(=O)COc1ccc(Br)cc1Cl. The molecule has 0 unspecified atom stereocenters. The first-order valence-corrected chi connectivity index (χ1v) is 10.8. The molecule has 0 aliphatic heterocycles. The standard InChI is InChI=1S/C22H26BrClN2O4/c1-4-10-25-22(28)15(2)26(13-16-6-5-7-18(11-16)29-3)21(27)14-30-20-9-8-17(23)12-19(20)24/h5-9,11-12,15H,4,10,13-14H2,1-3H3,(H,25,28)/t15-/m0/s1. The van der Waals surface area contributed by atoms with Crippen LogP contribution in [0.3, 0.4) is 0 Å². The van der Waals surface area contributed by atoms with Crippen LogP contribution in [0.2, 0.25) is 5.02 Å². The van der Waals surface area contributed by atoms with Crippen molar-refractivity contribution < 1.29 is 19.1 Å². The van der Waals surface area contributed by atoms with Gasteiger partial charge in [-0.1, -0.05) is 46.6 Å². The Hall–Kier alpha value is -2.25. The van der Waals surface area contributed by atoms with Gasteiger partial charge in [0.05, 0.1) is 12.1 Å². The van der Waals surface area contributed by atoms with Crippen molar-refractivity contribution in [2.75, 3.05) is 20.3 Å². The van der Waals surface area contributed by atoms with Gasteiger partial charge in [0.25, 0.3) is 5.91 Å². The van der Waals surface area contributed by atoms with E-state index in [2.05, 4.69) is 21.2 Å². The van der Waals surface area contributed by atoms with Crippen molar-refractivity contribution in [2.45, 2.75) is 32.9 Å². The van der Waals surface area contributed by atoms with Crippen LogP contribution in [-0.2, 0) is 16.1 Å². The molecule has 30 heavy (non-hydrogen) atoms. The maximum atomic E-state index is 13.0. The van der Waals surface area contributed by atoms with Crippen molar-refractivity contribution >= 4 is 39.3 Å². The average Bonchev–Trinajstić information content (AvgIpc) is 2.74. The van der Waals surface area contributed by atoms with E-state index in [1.54, 1.807) is 32.2 Å². The van der Waals surface area contributed by atoms with Crippen molar-refractivity contribution in [3.05, 3.63) is 57.5 Å². The molecule has 8 heteroatoms. The predicted molar refractivity (Wildman–Crippen MR) is 121 cm³/mol. The topological polar surface area (TPSA) is 67.9 Å². The fourth-order valence-electron chi connectivity index (χ4n) is 2.76. The Balaban J connectivity index is 2.17. The third-order valence-electron chi connectivity index (χ3n) is 4.45. The summed E-state index contributed by atoms with van der Waals surface area (Å²) in [6.45, 7) is 4.23. The maximum Gasteiger partial charge on any atom is 0.261 e. The number of hydrogen-bond donors (Lipinski definition) is 1. The summed E-state index contributed by atoms with van der Waals surface area (Å²) >= 11 is 9.50. The van der Waals surface area contributed by atoms with Gasteiger partial charge in [0, 0.05) is 17.6 Å². The second-order valence-electron chi connectivity index (χ2n) is 6.70. The lowest BCUT2D eigenvalue weighted by atomic mass is 10.1. The van der Waals surface area contributed by atoms with Crippen LogP contribution in [0.15, 0.2) is 46.9 Å². The Kier molecular flexibility index (Phi) is 9.46. The summed E-state index contributed by atoms with van der Waals surface area (Å²) in [4.78, 5) is 27.0. The minimum Gasteiger partial charge on any atom is -0.497 e. The summed E-state index contributed by atoms with van der Waals surface area (Å²) in [7, 11) is 1.58. The molecular weight excluding hydrogens is 472 g/mol. The number of hydrogen-bond acceptors (Lipinski definition) is 4. The first-order chi connectivity index (χ1) is 14.3. The van der Waals surface area contributed by atoms with Gasteiger partial charge in [-0.25, -0.2) is 0 Å². The second kappa shape index (κ2) is 11.8. The van der Waals surface area contributed by atoms with Gasteiger partial charge in [-0.2, -0.15) is 0 Å². The normalized spacial score (nSPS) is 11.5. The summed E-state index contributed by atoms with van der Waals surface area (Å²) in [6.07, 6.45) is 0.813. The number of carbonyl (C=O) groups excluding carboxylic acids is 2. The van der Waals surface area contributed by atoms with E-state index in [0.29, 0.717) is 23.1 Å². The van der Waals surface area contributed by atoms with E-state index in [9.17, 15) is 9.59 Å². The number of carbonyl (C=O) groups is 2. The van der Waals surface area contributed by atoms with E-state index in [1.807, 2.05) is 31.2 Å². The summed E-state index contributed by atoms with van der Waals surface area (Å²) in [6, 6.07) is 11.9. The van der Waals surface area contributed by atoms with E-state index in [-0.39, 0.29) is 25.0 Å². The number of rotatable bonds is 10. The van der Waals surface area contributed by atoms with Gasteiger partial charge in [0.1, 0.15) is 17.5 Å². The molecule has 2 aromatic rings. The Morgan fingerprint density at radius 2 is 2.00 bits per heavy atom. The number of ether oxygens (including phenoxy) is 2. The number of nitrogens with one attached hydrogen (secondary N) is 1. The molecule has 2 rings (SSSR count). The maximum absolute atomic E-state index is 13.0. The number of nitrogens with zero attached hydrogens (tertiary/aromatic N) is 1. The highest BCUT2D eigenvalue weighted by atomic mass is 79.9. The van der Waals surface area contributed by atoms with Crippen LogP contribution in [0.4, 0.5) is 0 Å². The first-order valence-electron chi connectivity index (χ1n) is 9.63. The van der Waals surface area contributed by atoms with Crippen LogP contribution < -0.4 is 14.8 Å². The molecule has 0 aliphatic rings. The Morgan fingerprint density at radius 1 is 1.23 bits per heavy atom. The average molecular weight is 498 g/mol. The van der Waals surface area contributed by atoms with Crippen LogP contribution in [0, 0.1) is 0 Å². The van der Waals surface area contributed by atoms with Gasteiger partial charge >= 0.3 is 0 Å². The van der Waals surface area contributed by atoms with Crippen LogP contribution >= 0.6 is 27.5 Å². The van der Waals surface area contributed by atoms with Crippen molar-refractivity contribution in [2.24, 2.45) is 0 Å². The number of halogens is 2. The molecule has 0 spiro atoms. The van der Waals surface area contributed by atoms with E-state index in [1.165, 1.54) is 4.90 Å². The van der Waals surface area contributed by atoms with Gasteiger partial charge in [-0.3, -0.25) is 9.59 Å². The molecule has 0 aliphatic carbocycles. The van der Waals surface area contributed by atoms with Gasteiger partial charge in [0.2, 0.25) is 5.91 Å². The predicted octanol–water partition coefficient (Wildman–Crippen LogP) is 4.43. The molecule has 2 amide bonds.